The number of rotatable bonds is 5. The summed E-state index contributed by atoms with van der Waals surface area (Å²) in [5.74, 6) is -1.47. The second-order valence-electron chi connectivity index (χ2n) is 4.98. The Bertz CT molecular complexity index is 426. The summed E-state index contributed by atoms with van der Waals surface area (Å²) >= 11 is 0. The van der Waals surface area contributed by atoms with Crippen molar-refractivity contribution < 1.29 is 29.1 Å². The molecule has 0 aliphatic heterocycles. The van der Waals surface area contributed by atoms with E-state index in [9.17, 15) is 14.4 Å². The first kappa shape index (κ1) is 16.9. The fourth-order valence-electron chi connectivity index (χ4n) is 2.17. The minimum atomic E-state index is -0.756. The van der Waals surface area contributed by atoms with Crippen LogP contribution in [-0.2, 0) is 19.2 Å². The van der Waals surface area contributed by atoms with Crippen molar-refractivity contribution in [2.75, 3.05) is 13.7 Å². The molecule has 8 heteroatoms. The standard InChI is InChI=1S/C13H20N2O6/c1-8(12(18)20-2)15-21-13(19)14-7-9-3-5-10(6-4-9)11(16)17/h9-10H,3-7H2,1-2H3,(H,14,19)(H,16,17)/t9-,10-. The van der Waals surface area contributed by atoms with Crippen LogP contribution >= 0.6 is 0 Å². The summed E-state index contributed by atoms with van der Waals surface area (Å²) in [6.07, 6.45) is 1.99. The zero-order valence-electron chi connectivity index (χ0n) is 12.1. The third-order valence-electron chi connectivity index (χ3n) is 3.48. The molecule has 0 aromatic carbocycles. The maximum absolute atomic E-state index is 11.4. The number of amides is 1. The second kappa shape index (κ2) is 8.23. The molecule has 1 rings (SSSR count). The molecule has 0 heterocycles. The van der Waals surface area contributed by atoms with Crippen molar-refractivity contribution in [3.05, 3.63) is 0 Å². The average molecular weight is 300 g/mol. The third kappa shape index (κ3) is 5.80. The average Bonchev–Trinajstić information content (AvgIpc) is 2.49. The number of carbonyl (C=O) groups excluding carboxylic acids is 2. The van der Waals surface area contributed by atoms with E-state index >= 15 is 0 Å². The number of aliphatic carboxylic acids is 1. The monoisotopic (exact) mass is 300 g/mol. The molecule has 0 spiro atoms. The maximum atomic E-state index is 11.4. The number of carboxylic acid groups (broad SMARTS) is 1. The van der Waals surface area contributed by atoms with Gasteiger partial charge in [0.1, 0.15) is 0 Å². The van der Waals surface area contributed by atoms with Crippen molar-refractivity contribution in [2.45, 2.75) is 32.6 Å². The van der Waals surface area contributed by atoms with Gasteiger partial charge in [-0.15, -0.1) is 0 Å². The van der Waals surface area contributed by atoms with Crippen LogP contribution in [0.2, 0.25) is 0 Å². The maximum Gasteiger partial charge on any atom is 0.433 e. The predicted octanol–water partition coefficient (Wildman–Crippen LogP) is 1.15. The summed E-state index contributed by atoms with van der Waals surface area (Å²) in [5.41, 5.74) is -0.0605. The van der Waals surface area contributed by atoms with Crippen LogP contribution in [0.15, 0.2) is 5.16 Å². The van der Waals surface area contributed by atoms with E-state index in [-0.39, 0.29) is 17.5 Å². The molecule has 0 atom stereocenters. The number of hydrogen-bond donors (Lipinski definition) is 2. The molecule has 1 fully saturated rings. The first-order valence-electron chi connectivity index (χ1n) is 6.74. The van der Waals surface area contributed by atoms with Crippen LogP contribution in [0.1, 0.15) is 32.6 Å². The van der Waals surface area contributed by atoms with Gasteiger partial charge in [-0.2, -0.15) is 0 Å². The van der Waals surface area contributed by atoms with Gasteiger partial charge in [0.15, 0.2) is 5.71 Å². The molecule has 21 heavy (non-hydrogen) atoms. The fourth-order valence-corrected chi connectivity index (χ4v) is 2.17. The van der Waals surface area contributed by atoms with Crippen LogP contribution < -0.4 is 5.32 Å². The van der Waals surface area contributed by atoms with Gasteiger partial charge >= 0.3 is 18.0 Å². The van der Waals surface area contributed by atoms with Crippen molar-refractivity contribution in [1.82, 2.24) is 5.32 Å². The third-order valence-corrected chi connectivity index (χ3v) is 3.48. The second-order valence-corrected chi connectivity index (χ2v) is 4.98. The molecule has 1 aliphatic rings. The van der Waals surface area contributed by atoms with Crippen molar-refractivity contribution in [3.8, 4) is 0 Å². The Hall–Kier alpha value is -2.12. The zero-order chi connectivity index (χ0) is 15.8. The lowest BCUT2D eigenvalue weighted by molar-refractivity contribution is -0.143. The van der Waals surface area contributed by atoms with Crippen LogP contribution in [0.3, 0.4) is 0 Å². The molecule has 0 aromatic rings. The Morgan fingerprint density at radius 2 is 1.86 bits per heavy atom. The molecule has 1 amide bonds. The lowest BCUT2D eigenvalue weighted by Gasteiger charge is -2.25. The Morgan fingerprint density at radius 1 is 1.24 bits per heavy atom. The quantitative estimate of drug-likeness (QED) is 0.341. The summed E-state index contributed by atoms with van der Waals surface area (Å²) in [5, 5.41) is 14.8. The number of methoxy groups -OCH3 is 1. The van der Waals surface area contributed by atoms with E-state index in [1.54, 1.807) is 0 Å². The molecular weight excluding hydrogens is 280 g/mol. The number of carboxylic acids is 1. The van der Waals surface area contributed by atoms with E-state index in [1.165, 1.54) is 14.0 Å². The molecule has 0 radical (unpaired) electrons. The van der Waals surface area contributed by atoms with Crippen molar-refractivity contribution >= 4 is 23.7 Å². The minimum Gasteiger partial charge on any atom is -0.481 e. The Kier molecular flexibility index (Phi) is 6.64. The molecule has 0 unspecified atom stereocenters. The molecule has 1 saturated carbocycles. The van der Waals surface area contributed by atoms with Gasteiger partial charge in [0.2, 0.25) is 0 Å². The van der Waals surface area contributed by atoms with Crippen LogP contribution in [0.4, 0.5) is 4.79 Å². The van der Waals surface area contributed by atoms with Gasteiger partial charge in [0, 0.05) is 6.54 Å². The van der Waals surface area contributed by atoms with E-state index in [1.807, 2.05) is 0 Å². The largest absolute Gasteiger partial charge is 0.481 e. The van der Waals surface area contributed by atoms with Gasteiger partial charge in [-0.1, -0.05) is 5.16 Å². The molecule has 0 bridgehead atoms. The topological polar surface area (TPSA) is 114 Å². The van der Waals surface area contributed by atoms with E-state index < -0.39 is 18.0 Å². The number of carbonyl (C=O) groups is 3. The SMILES string of the molecule is COC(=O)C(C)=NOC(=O)NC[C@H]1CC[C@H](C(=O)O)CC1. The van der Waals surface area contributed by atoms with Crippen LogP contribution in [0, 0.1) is 11.8 Å². The van der Waals surface area contributed by atoms with Crippen LogP contribution in [0.25, 0.3) is 0 Å². The van der Waals surface area contributed by atoms with Gasteiger partial charge in [-0.3, -0.25) is 9.63 Å². The normalized spacial score (nSPS) is 22.3. The predicted molar refractivity (Wildman–Crippen MR) is 72.7 cm³/mol. The molecule has 1 aliphatic carbocycles. The number of nitrogens with one attached hydrogen (secondary N) is 1. The lowest BCUT2D eigenvalue weighted by Crippen LogP contribution is -2.32. The van der Waals surface area contributed by atoms with Crippen molar-refractivity contribution in [1.29, 1.82) is 0 Å². The van der Waals surface area contributed by atoms with Gasteiger partial charge in [-0.25, -0.2) is 9.59 Å². The van der Waals surface area contributed by atoms with Gasteiger partial charge in [0.25, 0.3) is 0 Å². The summed E-state index contributed by atoms with van der Waals surface area (Å²) < 4.78 is 4.40. The number of ether oxygens (including phenoxy) is 1. The first-order chi connectivity index (χ1) is 9.93. The number of nitrogens with zero attached hydrogens (tertiary/aromatic N) is 1. The van der Waals surface area contributed by atoms with Gasteiger partial charge < -0.3 is 15.2 Å². The van der Waals surface area contributed by atoms with Crippen molar-refractivity contribution in [2.24, 2.45) is 17.0 Å². The highest BCUT2D eigenvalue weighted by Gasteiger charge is 2.26. The van der Waals surface area contributed by atoms with E-state index in [2.05, 4.69) is 20.0 Å². The highest BCUT2D eigenvalue weighted by atomic mass is 16.7. The number of oxime groups is 1. The number of esters is 1. The summed E-state index contributed by atoms with van der Waals surface area (Å²) in [6, 6.07) is 0. The molecule has 0 aromatic heterocycles. The molecule has 0 saturated heterocycles. The van der Waals surface area contributed by atoms with E-state index in [0.717, 1.165) is 12.8 Å². The van der Waals surface area contributed by atoms with Gasteiger partial charge in [-0.05, 0) is 38.5 Å². The lowest BCUT2D eigenvalue weighted by atomic mass is 9.82. The number of hydrogen-bond acceptors (Lipinski definition) is 6. The summed E-state index contributed by atoms with van der Waals surface area (Å²) in [7, 11) is 1.20. The minimum absolute atomic E-state index is 0.0605. The Balaban J connectivity index is 2.25. The summed E-state index contributed by atoms with van der Waals surface area (Å²) in [6.45, 7) is 1.77. The highest BCUT2D eigenvalue weighted by molar-refractivity contribution is 6.35. The van der Waals surface area contributed by atoms with Gasteiger partial charge in [0.05, 0.1) is 13.0 Å². The molecule has 2 N–H and O–H groups in total. The first-order valence-corrected chi connectivity index (χ1v) is 6.74. The van der Waals surface area contributed by atoms with Crippen molar-refractivity contribution in [3.63, 3.8) is 0 Å². The fraction of sp³-hybridized carbons (Fsp3) is 0.692. The Labute approximate surface area is 122 Å². The van der Waals surface area contributed by atoms with Crippen LogP contribution in [0.5, 0.6) is 0 Å². The molecule has 8 nitrogen and oxygen atoms in total. The highest BCUT2D eigenvalue weighted by Crippen LogP contribution is 2.28. The zero-order valence-corrected chi connectivity index (χ0v) is 12.1. The van der Waals surface area contributed by atoms with Crippen LogP contribution in [-0.4, -0.2) is 42.5 Å². The molecule has 118 valence electrons. The summed E-state index contributed by atoms with van der Waals surface area (Å²) in [4.78, 5) is 37.7. The Morgan fingerprint density at radius 3 is 2.38 bits per heavy atom. The van der Waals surface area contributed by atoms with E-state index in [4.69, 9.17) is 5.11 Å². The molecular formula is C13H20N2O6. The van der Waals surface area contributed by atoms with E-state index in [0.29, 0.717) is 19.4 Å². The smallest absolute Gasteiger partial charge is 0.433 e.